The molecule has 1 amide bonds. The van der Waals surface area contributed by atoms with Gasteiger partial charge in [-0.25, -0.2) is 14.4 Å². The van der Waals surface area contributed by atoms with Gasteiger partial charge in [-0.2, -0.15) is 0 Å². The van der Waals surface area contributed by atoms with Gasteiger partial charge in [-0.15, -0.1) is 0 Å². The van der Waals surface area contributed by atoms with E-state index in [1.165, 1.54) is 12.1 Å². The minimum Gasteiger partial charge on any atom is -0.338 e. The second-order valence-electron chi connectivity index (χ2n) is 7.71. The van der Waals surface area contributed by atoms with E-state index in [2.05, 4.69) is 15.3 Å². The van der Waals surface area contributed by atoms with E-state index in [0.717, 1.165) is 50.0 Å². The largest absolute Gasteiger partial charge is 0.338 e. The van der Waals surface area contributed by atoms with Crippen LogP contribution in [0, 0.1) is 11.7 Å². The van der Waals surface area contributed by atoms with E-state index in [0.29, 0.717) is 17.4 Å². The van der Waals surface area contributed by atoms with E-state index in [9.17, 15) is 9.18 Å². The molecule has 0 unspecified atom stereocenters. The summed E-state index contributed by atoms with van der Waals surface area (Å²) < 4.78 is 13.1. The number of para-hydroxylation sites is 1. The molecule has 5 nitrogen and oxygen atoms in total. The molecule has 30 heavy (non-hydrogen) atoms. The van der Waals surface area contributed by atoms with Crippen molar-refractivity contribution in [2.24, 2.45) is 5.92 Å². The van der Waals surface area contributed by atoms with E-state index >= 15 is 0 Å². The maximum atomic E-state index is 13.1. The Hall–Kier alpha value is -3.28. The van der Waals surface area contributed by atoms with Crippen molar-refractivity contribution in [2.75, 3.05) is 18.4 Å². The van der Waals surface area contributed by atoms with Crippen LogP contribution in [0.15, 0.2) is 67.0 Å². The number of carbonyl (C=O) groups excluding carboxylic acids is 1. The van der Waals surface area contributed by atoms with Gasteiger partial charge in [-0.3, -0.25) is 4.79 Å². The number of hydrogen-bond donors (Lipinski definition) is 1. The molecule has 1 fully saturated rings. The maximum absolute atomic E-state index is 13.1. The molecule has 6 heteroatoms. The van der Waals surface area contributed by atoms with Crippen LogP contribution in [0.1, 0.15) is 35.2 Å². The molecule has 2 aromatic carbocycles. The van der Waals surface area contributed by atoms with Crippen LogP contribution in [0.5, 0.6) is 0 Å². The molecule has 4 rings (SSSR count). The van der Waals surface area contributed by atoms with Crippen molar-refractivity contribution >= 4 is 17.5 Å². The summed E-state index contributed by atoms with van der Waals surface area (Å²) in [5.41, 5.74) is 2.54. The smallest absolute Gasteiger partial charge is 0.257 e. The van der Waals surface area contributed by atoms with Crippen LogP contribution in [-0.2, 0) is 6.42 Å². The molecule has 0 radical (unpaired) electrons. The molecule has 3 aromatic rings. The van der Waals surface area contributed by atoms with Crippen LogP contribution >= 0.6 is 0 Å². The van der Waals surface area contributed by atoms with Gasteiger partial charge in [-0.1, -0.05) is 30.3 Å². The zero-order chi connectivity index (χ0) is 20.8. The first-order valence-corrected chi connectivity index (χ1v) is 10.4. The molecule has 1 aromatic heterocycles. The second kappa shape index (κ2) is 9.48. The highest BCUT2D eigenvalue weighted by Gasteiger charge is 2.24. The fourth-order valence-electron chi connectivity index (χ4n) is 3.84. The topological polar surface area (TPSA) is 58.1 Å². The lowest BCUT2D eigenvalue weighted by molar-refractivity contribution is 0.0667. The van der Waals surface area contributed by atoms with Crippen molar-refractivity contribution in [1.82, 2.24) is 14.9 Å². The summed E-state index contributed by atoms with van der Waals surface area (Å²) in [6.07, 6.45) is 7.17. The second-order valence-corrected chi connectivity index (χ2v) is 7.71. The first kappa shape index (κ1) is 20.0. The maximum Gasteiger partial charge on any atom is 0.257 e. The zero-order valence-corrected chi connectivity index (χ0v) is 16.8. The van der Waals surface area contributed by atoms with E-state index in [-0.39, 0.29) is 11.7 Å². The van der Waals surface area contributed by atoms with Crippen molar-refractivity contribution in [3.05, 3.63) is 83.9 Å². The molecular formula is C24H25FN4O. The van der Waals surface area contributed by atoms with Gasteiger partial charge < -0.3 is 10.2 Å². The lowest BCUT2D eigenvalue weighted by Crippen LogP contribution is -2.40. The Bertz CT molecular complexity index is 961. The summed E-state index contributed by atoms with van der Waals surface area (Å²) in [4.78, 5) is 23.4. The third-order valence-electron chi connectivity index (χ3n) is 5.49. The molecule has 1 atom stereocenters. The minimum absolute atomic E-state index is 0.0206. The summed E-state index contributed by atoms with van der Waals surface area (Å²) in [6, 6.07) is 16.4. The number of amides is 1. The summed E-state index contributed by atoms with van der Waals surface area (Å²) in [5.74, 6) is 0.689. The van der Waals surface area contributed by atoms with Gasteiger partial charge in [0.15, 0.2) is 0 Å². The van der Waals surface area contributed by atoms with Crippen molar-refractivity contribution in [3.8, 4) is 0 Å². The van der Waals surface area contributed by atoms with Crippen LogP contribution in [0.25, 0.3) is 0 Å². The minimum atomic E-state index is -0.208. The summed E-state index contributed by atoms with van der Waals surface area (Å²) in [7, 11) is 0. The Morgan fingerprint density at radius 1 is 1.07 bits per heavy atom. The average Bonchev–Trinajstić information content (AvgIpc) is 2.80. The van der Waals surface area contributed by atoms with Gasteiger partial charge in [0.1, 0.15) is 5.82 Å². The lowest BCUT2D eigenvalue weighted by Gasteiger charge is -2.32. The Balaban J connectivity index is 1.32. The molecule has 1 saturated heterocycles. The first-order valence-electron chi connectivity index (χ1n) is 10.4. The van der Waals surface area contributed by atoms with Crippen LogP contribution in [0.2, 0.25) is 0 Å². The van der Waals surface area contributed by atoms with Crippen LogP contribution in [0.3, 0.4) is 0 Å². The number of aryl methyl sites for hydroxylation is 1. The number of piperidine rings is 1. The predicted molar refractivity (Wildman–Crippen MR) is 115 cm³/mol. The highest BCUT2D eigenvalue weighted by atomic mass is 19.1. The molecule has 0 aliphatic carbocycles. The number of nitrogens with zero attached hydrogens (tertiary/aromatic N) is 3. The van der Waals surface area contributed by atoms with Gasteiger partial charge in [0.2, 0.25) is 5.95 Å². The molecule has 1 aliphatic rings. The zero-order valence-electron chi connectivity index (χ0n) is 16.8. The Labute approximate surface area is 176 Å². The number of anilines is 2. The van der Waals surface area contributed by atoms with Gasteiger partial charge in [0.25, 0.3) is 5.91 Å². The lowest BCUT2D eigenvalue weighted by atomic mass is 9.91. The van der Waals surface area contributed by atoms with Crippen molar-refractivity contribution in [1.29, 1.82) is 0 Å². The number of aromatic nitrogens is 2. The average molecular weight is 404 g/mol. The third kappa shape index (κ3) is 5.20. The number of benzene rings is 2. The number of rotatable bonds is 6. The summed E-state index contributed by atoms with van der Waals surface area (Å²) >= 11 is 0. The third-order valence-corrected chi connectivity index (χ3v) is 5.49. The number of likely N-dealkylation sites (tertiary alicyclic amines) is 1. The highest BCUT2D eigenvalue weighted by Crippen LogP contribution is 2.23. The fraction of sp³-hybridized carbons (Fsp3) is 0.292. The molecule has 0 saturated carbocycles. The number of hydrogen-bond acceptors (Lipinski definition) is 4. The van der Waals surface area contributed by atoms with Crippen LogP contribution < -0.4 is 5.32 Å². The highest BCUT2D eigenvalue weighted by molar-refractivity contribution is 5.93. The van der Waals surface area contributed by atoms with E-state index in [4.69, 9.17) is 0 Å². The molecule has 0 spiro atoms. The molecular weight excluding hydrogens is 379 g/mol. The number of carbonyl (C=O) groups is 1. The molecule has 154 valence electrons. The van der Waals surface area contributed by atoms with Gasteiger partial charge in [-0.05, 0) is 61.4 Å². The molecule has 0 bridgehead atoms. The first-order chi connectivity index (χ1) is 14.7. The van der Waals surface area contributed by atoms with E-state index in [1.54, 1.807) is 12.4 Å². The Morgan fingerprint density at radius 3 is 2.53 bits per heavy atom. The predicted octanol–water partition coefficient (Wildman–Crippen LogP) is 4.84. The molecule has 2 heterocycles. The fourth-order valence-corrected chi connectivity index (χ4v) is 3.84. The SMILES string of the molecule is O=C(c1cnc(Nc2ccccc2)nc1)N1CCC[C@@H](CCc2ccc(F)cc2)C1. The Kier molecular flexibility index (Phi) is 6.32. The molecule has 1 aliphatic heterocycles. The van der Waals surface area contributed by atoms with Gasteiger partial charge >= 0.3 is 0 Å². The number of nitrogens with one attached hydrogen (secondary N) is 1. The monoisotopic (exact) mass is 404 g/mol. The van der Waals surface area contributed by atoms with E-state index in [1.807, 2.05) is 47.4 Å². The summed E-state index contributed by atoms with van der Waals surface area (Å²) in [5, 5.41) is 3.12. The van der Waals surface area contributed by atoms with E-state index < -0.39 is 0 Å². The van der Waals surface area contributed by atoms with Crippen LogP contribution in [0.4, 0.5) is 16.0 Å². The standard InChI is InChI=1S/C24H25FN4O/c25-21-12-10-18(11-13-21)8-9-19-5-4-14-29(17-19)23(30)20-15-26-24(27-16-20)28-22-6-2-1-3-7-22/h1-3,6-7,10-13,15-16,19H,4-5,8-9,14,17H2,(H,26,27,28)/t19-/m0/s1. The van der Waals surface area contributed by atoms with Crippen molar-refractivity contribution in [3.63, 3.8) is 0 Å². The van der Waals surface area contributed by atoms with Crippen LogP contribution in [-0.4, -0.2) is 33.9 Å². The van der Waals surface area contributed by atoms with Crippen molar-refractivity contribution < 1.29 is 9.18 Å². The summed E-state index contributed by atoms with van der Waals surface area (Å²) in [6.45, 7) is 1.50. The Morgan fingerprint density at radius 2 is 1.80 bits per heavy atom. The molecule has 1 N–H and O–H groups in total. The quantitative estimate of drug-likeness (QED) is 0.638. The normalized spacial score (nSPS) is 16.3. The van der Waals surface area contributed by atoms with Crippen molar-refractivity contribution in [2.45, 2.75) is 25.7 Å². The number of halogens is 1. The van der Waals surface area contributed by atoms with Gasteiger partial charge in [0, 0.05) is 31.2 Å². The van der Waals surface area contributed by atoms with Gasteiger partial charge in [0.05, 0.1) is 5.56 Å².